The minimum absolute atomic E-state index is 0.613. The van der Waals surface area contributed by atoms with Gasteiger partial charge in [0.25, 0.3) is 0 Å². The number of likely N-dealkylation sites (tertiary alicyclic amines) is 1. The zero-order valence-electron chi connectivity index (χ0n) is 11.5. The van der Waals surface area contributed by atoms with Gasteiger partial charge in [0, 0.05) is 20.3 Å². The zero-order chi connectivity index (χ0) is 13.7. The average Bonchev–Trinajstić information content (AvgIpc) is 2.42. The molecule has 0 aliphatic carbocycles. The summed E-state index contributed by atoms with van der Waals surface area (Å²) in [6, 6.07) is 7.52. The van der Waals surface area contributed by atoms with E-state index in [4.69, 9.17) is 4.74 Å². The molecule has 0 spiro atoms. The van der Waals surface area contributed by atoms with Crippen molar-refractivity contribution in [3.05, 3.63) is 29.8 Å². The van der Waals surface area contributed by atoms with Crippen molar-refractivity contribution < 1.29 is 14.8 Å². The lowest BCUT2D eigenvalue weighted by Gasteiger charge is -2.32. The molecular weight excluding hydrogens is 241 g/mol. The fourth-order valence-electron chi connectivity index (χ4n) is 2.72. The van der Waals surface area contributed by atoms with Gasteiger partial charge in [-0.1, -0.05) is 24.3 Å². The second-order valence-electron chi connectivity index (χ2n) is 5.25. The highest BCUT2D eigenvalue weighted by Crippen LogP contribution is 2.18. The third kappa shape index (κ3) is 4.04. The molecule has 0 aromatic heterocycles. The predicted molar refractivity (Wildman–Crippen MR) is 76.1 cm³/mol. The molecule has 0 saturated carbocycles. The first kappa shape index (κ1) is 14.5. The number of hydrogen-bond donors (Lipinski definition) is 2. The van der Waals surface area contributed by atoms with Gasteiger partial charge in [-0.3, -0.25) is 4.90 Å². The molecule has 1 aromatic carbocycles. The van der Waals surface area contributed by atoms with Crippen LogP contribution in [0.25, 0.3) is 0 Å². The zero-order valence-corrected chi connectivity index (χ0v) is 11.5. The summed E-state index contributed by atoms with van der Waals surface area (Å²) in [6.45, 7) is 3.72. The van der Waals surface area contributed by atoms with Crippen LogP contribution in [-0.2, 0) is 11.3 Å². The van der Waals surface area contributed by atoms with Crippen LogP contribution in [0.2, 0.25) is 0 Å². The van der Waals surface area contributed by atoms with Crippen molar-refractivity contribution in [3.8, 4) is 0 Å². The van der Waals surface area contributed by atoms with E-state index >= 15 is 0 Å². The van der Waals surface area contributed by atoms with Crippen LogP contribution < -0.4 is 5.46 Å². The van der Waals surface area contributed by atoms with Crippen molar-refractivity contribution in [2.75, 3.05) is 26.8 Å². The van der Waals surface area contributed by atoms with E-state index in [9.17, 15) is 10.0 Å². The Labute approximate surface area is 115 Å². The average molecular weight is 263 g/mol. The van der Waals surface area contributed by atoms with Crippen LogP contribution in [0.1, 0.15) is 18.4 Å². The molecule has 1 fully saturated rings. The van der Waals surface area contributed by atoms with Gasteiger partial charge in [0.2, 0.25) is 0 Å². The van der Waals surface area contributed by atoms with Crippen molar-refractivity contribution in [1.29, 1.82) is 0 Å². The monoisotopic (exact) mass is 263 g/mol. The highest BCUT2D eigenvalue weighted by molar-refractivity contribution is 6.59. The lowest BCUT2D eigenvalue weighted by molar-refractivity contribution is 0.0969. The van der Waals surface area contributed by atoms with Gasteiger partial charge in [-0.25, -0.2) is 0 Å². The lowest BCUT2D eigenvalue weighted by atomic mass is 9.77. The summed E-state index contributed by atoms with van der Waals surface area (Å²) in [5.74, 6) is 0.667. The second-order valence-corrected chi connectivity index (χ2v) is 5.25. The molecule has 0 radical (unpaired) electrons. The quantitative estimate of drug-likeness (QED) is 0.746. The fourth-order valence-corrected chi connectivity index (χ4v) is 2.72. The van der Waals surface area contributed by atoms with Gasteiger partial charge < -0.3 is 14.8 Å². The van der Waals surface area contributed by atoms with Crippen LogP contribution in [0.5, 0.6) is 0 Å². The van der Waals surface area contributed by atoms with E-state index in [1.807, 2.05) is 18.2 Å². The summed E-state index contributed by atoms with van der Waals surface area (Å²) >= 11 is 0. The molecule has 1 aromatic rings. The van der Waals surface area contributed by atoms with Crippen LogP contribution in [0.15, 0.2) is 24.3 Å². The first-order valence-corrected chi connectivity index (χ1v) is 6.86. The summed E-state index contributed by atoms with van der Waals surface area (Å²) in [5, 5.41) is 18.7. The normalized spacial score (nSPS) is 17.6. The molecule has 19 heavy (non-hydrogen) atoms. The van der Waals surface area contributed by atoms with E-state index in [0.717, 1.165) is 44.6 Å². The molecule has 1 aliphatic heterocycles. The molecule has 0 atom stereocenters. The van der Waals surface area contributed by atoms with Crippen LogP contribution in [-0.4, -0.2) is 48.9 Å². The number of ether oxygens (including phenoxy) is 1. The number of piperidine rings is 1. The van der Waals surface area contributed by atoms with Crippen LogP contribution in [0, 0.1) is 5.92 Å². The third-order valence-corrected chi connectivity index (χ3v) is 3.84. The standard InChI is InChI=1S/C14H22BNO3/c1-19-11-12-6-8-16(9-7-12)10-13-4-2-3-5-14(13)15(17)18/h2-5,12,17-18H,6-11H2,1H3. The molecule has 1 aliphatic rings. The lowest BCUT2D eigenvalue weighted by Crippen LogP contribution is -2.39. The maximum Gasteiger partial charge on any atom is 0.488 e. The Balaban J connectivity index is 1.92. The van der Waals surface area contributed by atoms with Crippen LogP contribution >= 0.6 is 0 Å². The number of methoxy groups -OCH3 is 1. The van der Waals surface area contributed by atoms with Crippen molar-refractivity contribution in [3.63, 3.8) is 0 Å². The van der Waals surface area contributed by atoms with Crippen molar-refractivity contribution in [2.24, 2.45) is 5.92 Å². The number of nitrogens with zero attached hydrogens (tertiary/aromatic N) is 1. The maximum atomic E-state index is 9.37. The van der Waals surface area contributed by atoms with Crippen molar-refractivity contribution in [1.82, 2.24) is 4.90 Å². The van der Waals surface area contributed by atoms with Gasteiger partial charge >= 0.3 is 7.12 Å². The Morgan fingerprint density at radius 3 is 2.58 bits per heavy atom. The summed E-state index contributed by atoms with van der Waals surface area (Å²) in [7, 11) is 0.368. The fraction of sp³-hybridized carbons (Fsp3) is 0.571. The van der Waals surface area contributed by atoms with Gasteiger partial charge in [0.15, 0.2) is 0 Å². The maximum absolute atomic E-state index is 9.37. The largest absolute Gasteiger partial charge is 0.488 e. The molecule has 0 unspecified atom stereocenters. The van der Waals surface area contributed by atoms with E-state index in [-0.39, 0.29) is 0 Å². The summed E-state index contributed by atoms with van der Waals surface area (Å²) < 4.78 is 5.20. The second kappa shape index (κ2) is 7.05. The van der Waals surface area contributed by atoms with E-state index in [1.54, 1.807) is 13.2 Å². The topological polar surface area (TPSA) is 52.9 Å². The number of hydrogen-bond acceptors (Lipinski definition) is 4. The SMILES string of the molecule is COCC1CCN(Cc2ccccc2B(O)O)CC1. The Hall–Kier alpha value is -0.875. The van der Waals surface area contributed by atoms with Gasteiger partial charge in [0.1, 0.15) is 0 Å². The molecule has 2 rings (SSSR count). The highest BCUT2D eigenvalue weighted by atomic mass is 16.5. The van der Waals surface area contributed by atoms with Gasteiger partial charge in [-0.15, -0.1) is 0 Å². The molecule has 1 saturated heterocycles. The van der Waals surface area contributed by atoms with E-state index in [2.05, 4.69) is 4.90 Å². The van der Waals surface area contributed by atoms with E-state index < -0.39 is 7.12 Å². The predicted octanol–water partition coefficient (Wildman–Crippen LogP) is 0.225. The Morgan fingerprint density at radius 2 is 1.95 bits per heavy atom. The molecule has 4 nitrogen and oxygen atoms in total. The number of rotatable bonds is 5. The van der Waals surface area contributed by atoms with Crippen molar-refractivity contribution in [2.45, 2.75) is 19.4 Å². The smallest absolute Gasteiger partial charge is 0.423 e. The Morgan fingerprint density at radius 1 is 1.26 bits per heavy atom. The minimum atomic E-state index is -1.39. The Bertz CT molecular complexity index is 392. The summed E-state index contributed by atoms with van der Waals surface area (Å²) in [4.78, 5) is 2.37. The molecule has 5 heteroatoms. The van der Waals surface area contributed by atoms with Gasteiger partial charge in [-0.05, 0) is 42.9 Å². The Kier molecular flexibility index (Phi) is 5.40. The van der Waals surface area contributed by atoms with E-state index in [0.29, 0.717) is 11.4 Å². The molecule has 0 bridgehead atoms. The van der Waals surface area contributed by atoms with Crippen molar-refractivity contribution >= 4 is 12.6 Å². The summed E-state index contributed by atoms with van der Waals surface area (Å²) in [6.07, 6.45) is 2.30. The minimum Gasteiger partial charge on any atom is -0.423 e. The molecule has 104 valence electrons. The van der Waals surface area contributed by atoms with Crippen LogP contribution in [0.4, 0.5) is 0 Å². The molecule has 0 amide bonds. The molecular formula is C14H22BNO3. The highest BCUT2D eigenvalue weighted by Gasteiger charge is 2.21. The molecule has 2 N–H and O–H groups in total. The first-order chi connectivity index (χ1) is 9.20. The van der Waals surface area contributed by atoms with E-state index in [1.165, 1.54) is 0 Å². The summed E-state index contributed by atoms with van der Waals surface area (Å²) in [5.41, 5.74) is 1.62. The third-order valence-electron chi connectivity index (χ3n) is 3.84. The first-order valence-electron chi connectivity index (χ1n) is 6.86. The molecule has 1 heterocycles. The van der Waals surface area contributed by atoms with Gasteiger partial charge in [-0.2, -0.15) is 0 Å². The number of benzene rings is 1. The van der Waals surface area contributed by atoms with Gasteiger partial charge in [0.05, 0.1) is 0 Å². The van der Waals surface area contributed by atoms with Crippen LogP contribution in [0.3, 0.4) is 0 Å².